The molecule has 1 N–H and O–H groups in total. The van der Waals surface area contributed by atoms with Crippen LogP contribution in [0.5, 0.6) is 0 Å². The molecule has 3 saturated carbocycles. The lowest BCUT2D eigenvalue weighted by Gasteiger charge is -2.58. The van der Waals surface area contributed by atoms with E-state index in [1.165, 1.54) is 12.0 Å². The second-order valence-electron chi connectivity index (χ2n) is 8.97. The molecule has 0 radical (unpaired) electrons. The molecule has 0 unspecified atom stereocenters. The molecule has 3 fully saturated rings. The Morgan fingerprint density at radius 3 is 2.61 bits per heavy atom. The molecular formula is C21H28O2. The molecule has 4 aliphatic rings. The fraction of sp³-hybridized carbons (Fsp3) is 0.762. The normalized spacial score (nSPS) is 52.0. The van der Waals surface area contributed by atoms with Gasteiger partial charge in [-0.2, -0.15) is 0 Å². The topological polar surface area (TPSA) is 37.3 Å². The molecule has 0 heterocycles. The van der Waals surface area contributed by atoms with Crippen molar-refractivity contribution in [2.24, 2.45) is 28.6 Å². The zero-order valence-corrected chi connectivity index (χ0v) is 14.4. The average Bonchev–Trinajstić information content (AvgIpc) is 2.80. The molecule has 0 aliphatic heterocycles. The third-order valence-electron chi connectivity index (χ3n) is 8.35. The van der Waals surface area contributed by atoms with Crippen LogP contribution in [0.1, 0.15) is 65.2 Å². The quantitative estimate of drug-likeness (QED) is 0.689. The molecule has 0 aromatic heterocycles. The molecule has 0 aromatic rings. The second kappa shape index (κ2) is 4.73. The Hall–Kier alpha value is -1.07. The van der Waals surface area contributed by atoms with Crippen LogP contribution in [0.4, 0.5) is 0 Å². The lowest BCUT2D eigenvalue weighted by Crippen LogP contribution is -2.54. The monoisotopic (exact) mass is 312 g/mol. The summed E-state index contributed by atoms with van der Waals surface area (Å²) in [6.07, 6.45) is 15.6. The van der Waals surface area contributed by atoms with Crippen molar-refractivity contribution in [1.29, 1.82) is 0 Å². The van der Waals surface area contributed by atoms with Gasteiger partial charge in [-0.25, -0.2) is 0 Å². The first-order valence-corrected chi connectivity index (χ1v) is 9.28. The van der Waals surface area contributed by atoms with E-state index >= 15 is 0 Å². The summed E-state index contributed by atoms with van der Waals surface area (Å²) in [4.78, 5) is 11.8. The second-order valence-corrected chi connectivity index (χ2v) is 8.97. The van der Waals surface area contributed by atoms with E-state index in [0.717, 1.165) is 38.5 Å². The average molecular weight is 312 g/mol. The number of carbonyl (C=O) groups excluding carboxylic acids is 1. The van der Waals surface area contributed by atoms with Gasteiger partial charge in [0.25, 0.3) is 0 Å². The summed E-state index contributed by atoms with van der Waals surface area (Å²) in [5.41, 5.74) is 0.575. The van der Waals surface area contributed by atoms with Gasteiger partial charge in [0.15, 0.2) is 5.78 Å². The van der Waals surface area contributed by atoms with Gasteiger partial charge in [-0.05, 0) is 74.2 Å². The van der Waals surface area contributed by atoms with Gasteiger partial charge >= 0.3 is 0 Å². The van der Waals surface area contributed by atoms with Crippen molar-refractivity contribution in [2.45, 2.75) is 70.8 Å². The van der Waals surface area contributed by atoms with Gasteiger partial charge in [0.2, 0.25) is 0 Å². The smallest absolute Gasteiger partial charge is 0.155 e. The highest BCUT2D eigenvalue weighted by molar-refractivity contribution is 5.91. The summed E-state index contributed by atoms with van der Waals surface area (Å²) in [5.74, 6) is 4.93. The molecule has 6 atom stereocenters. The van der Waals surface area contributed by atoms with Crippen LogP contribution in [0, 0.1) is 40.9 Å². The van der Waals surface area contributed by atoms with Crippen molar-refractivity contribution in [2.75, 3.05) is 0 Å². The molecule has 0 amide bonds. The maximum Gasteiger partial charge on any atom is 0.155 e. The molecule has 4 aliphatic carbocycles. The SMILES string of the molecule is C#C[C@]1(O)CC[C@H]2[C@@H]3CCC4=CC(=O)CC[C@@]4(C)[C@H]3CC[C@]21C. The highest BCUT2D eigenvalue weighted by Gasteiger charge is 2.63. The molecule has 124 valence electrons. The van der Waals surface area contributed by atoms with Gasteiger partial charge in [-0.1, -0.05) is 25.3 Å². The summed E-state index contributed by atoms with van der Waals surface area (Å²) in [6, 6.07) is 0. The molecule has 2 heteroatoms. The van der Waals surface area contributed by atoms with Gasteiger partial charge in [0.1, 0.15) is 5.60 Å². The summed E-state index contributed by atoms with van der Waals surface area (Å²) >= 11 is 0. The largest absolute Gasteiger partial charge is 0.377 e. The van der Waals surface area contributed by atoms with Gasteiger partial charge < -0.3 is 5.11 Å². The molecule has 23 heavy (non-hydrogen) atoms. The first kappa shape index (κ1) is 15.5. The lowest BCUT2D eigenvalue weighted by molar-refractivity contribution is -0.119. The van der Waals surface area contributed by atoms with E-state index < -0.39 is 5.60 Å². The summed E-state index contributed by atoms with van der Waals surface area (Å²) in [7, 11) is 0. The Balaban J connectivity index is 1.70. The van der Waals surface area contributed by atoms with E-state index in [0.29, 0.717) is 30.0 Å². The van der Waals surface area contributed by atoms with Gasteiger partial charge in [0, 0.05) is 11.8 Å². The standard InChI is InChI=1S/C21H28O2/c1-4-21(23)12-9-18-16-6-5-14-13-15(22)7-10-19(14,2)17(16)8-11-20(18,21)3/h1,13,16-18,23H,5-12H2,2-3H3/t16-,17+,18+,19-,20-,21+/m1/s1. The summed E-state index contributed by atoms with van der Waals surface area (Å²) in [5, 5.41) is 11.0. The van der Waals surface area contributed by atoms with E-state index in [1.54, 1.807) is 0 Å². The molecule has 0 bridgehead atoms. The van der Waals surface area contributed by atoms with Gasteiger partial charge in [-0.15, -0.1) is 6.42 Å². The number of allylic oxidation sites excluding steroid dienone is 1. The number of hydrogen-bond donors (Lipinski definition) is 1. The third-order valence-corrected chi connectivity index (χ3v) is 8.35. The number of rotatable bonds is 0. The van der Waals surface area contributed by atoms with E-state index in [-0.39, 0.29) is 10.8 Å². The molecule has 2 nitrogen and oxygen atoms in total. The molecule has 0 saturated heterocycles. The Kier molecular flexibility index (Phi) is 3.18. The fourth-order valence-corrected chi connectivity index (χ4v) is 6.81. The van der Waals surface area contributed by atoms with Crippen LogP contribution < -0.4 is 0 Å². The van der Waals surface area contributed by atoms with Crippen LogP contribution in [-0.2, 0) is 4.79 Å². The van der Waals surface area contributed by atoms with E-state index in [1.807, 2.05) is 6.08 Å². The van der Waals surface area contributed by atoms with Gasteiger partial charge in [-0.3, -0.25) is 4.79 Å². The van der Waals surface area contributed by atoms with Crippen molar-refractivity contribution in [3.8, 4) is 12.3 Å². The molecule has 0 spiro atoms. The van der Waals surface area contributed by atoms with E-state index in [4.69, 9.17) is 6.42 Å². The van der Waals surface area contributed by atoms with Crippen molar-refractivity contribution in [3.63, 3.8) is 0 Å². The first-order valence-electron chi connectivity index (χ1n) is 9.28. The predicted molar refractivity (Wildman–Crippen MR) is 90.5 cm³/mol. The fourth-order valence-electron chi connectivity index (χ4n) is 6.81. The number of fused-ring (bicyclic) bond motifs is 5. The number of ketones is 1. The van der Waals surface area contributed by atoms with Crippen LogP contribution in [0.25, 0.3) is 0 Å². The van der Waals surface area contributed by atoms with Crippen LogP contribution >= 0.6 is 0 Å². The molecule has 0 aromatic carbocycles. The number of carbonyl (C=O) groups is 1. The zero-order valence-electron chi connectivity index (χ0n) is 14.4. The Morgan fingerprint density at radius 1 is 1.13 bits per heavy atom. The van der Waals surface area contributed by atoms with Crippen LogP contribution in [0.2, 0.25) is 0 Å². The van der Waals surface area contributed by atoms with Crippen LogP contribution in [0.3, 0.4) is 0 Å². The number of terminal acetylenes is 1. The van der Waals surface area contributed by atoms with Crippen molar-refractivity contribution in [1.82, 2.24) is 0 Å². The molecular weight excluding hydrogens is 284 g/mol. The minimum absolute atomic E-state index is 0.120. The highest BCUT2D eigenvalue weighted by Crippen LogP contribution is 2.67. The summed E-state index contributed by atoms with van der Waals surface area (Å²) < 4.78 is 0. The van der Waals surface area contributed by atoms with Crippen molar-refractivity contribution < 1.29 is 9.90 Å². The maximum absolute atomic E-state index is 11.8. The minimum atomic E-state index is -0.914. The Labute approximate surface area is 139 Å². The number of aliphatic hydroxyl groups is 1. The van der Waals surface area contributed by atoms with Crippen molar-refractivity contribution in [3.05, 3.63) is 11.6 Å². The highest BCUT2D eigenvalue weighted by atomic mass is 16.3. The third kappa shape index (κ3) is 1.84. The molecule has 4 rings (SSSR count). The minimum Gasteiger partial charge on any atom is -0.377 e. The Bertz CT molecular complexity index is 626. The Morgan fingerprint density at radius 2 is 1.87 bits per heavy atom. The predicted octanol–water partition coefficient (Wildman–Crippen LogP) is 3.88. The maximum atomic E-state index is 11.8. The van der Waals surface area contributed by atoms with Crippen LogP contribution in [0.15, 0.2) is 11.6 Å². The van der Waals surface area contributed by atoms with E-state index in [2.05, 4.69) is 19.8 Å². The first-order chi connectivity index (χ1) is 10.8. The van der Waals surface area contributed by atoms with Gasteiger partial charge in [0.05, 0.1) is 0 Å². The van der Waals surface area contributed by atoms with Crippen molar-refractivity contribution >= 4 is 5.78 Å². The van der Waals surface area contributed by atoms with Crippen LogP contribution in [-0.4, -0.2) is 16.5 Å². The van der Waals surface area contributed by atoms with E-state index in [9.17, 15) is 9.90 Å². The lowest BCUT2D eigenvalue weighted by atomic mass is 9.46. The summed E-state index contributed by atoms with van der Waals surface area (Å²) in [6.45, 7) is 4.63. The zero-order chi connectivity index (χ0) is 16.5. The number of hydrogen-bond acceptors (Lipinski definition) is 2.